The molecule has 0 aliphatic carbocycles. The summed E-state index contributed by atoms with van der Waals surface area (Å²) in [6.45, 7) is 5.03. The summed E-state index contributed by atoms with van der Waals surface area (Å²) in [5.41, 5.74) is 3.14. The van der Waals surface area contributed by atoms with Gasteiger partial charge in [-0.1, -0.05) is 18.2 Å². The first-order chi connectivity index (χ1) is 14.2. The Bertz CT molecular complexity index is 1220. The molecule has 3 aromatic carbocycles. The van der Waals surface area contributed by atoms with E-state index in [1.807, 2.05) is 13.0 Å². The third kappa shape index (κ3) is 4.93. The number of hydrogen-bond acceptors (Lipinski definition) is 4. The van der Waals surface area contributed by atoms with Crippen LogP contribution in [0.1, 0.15) is 38.8 Å². The van der Waals surface area contributed by atoms with Gasteiger partial charge in [-0.25, -0.2) is 8.42 Å². The highest BCUT2D eigenvalue weighted by Gasteiger charge is 2.18. The summed E-state index contributed by atoms with van der Waals surface area (Å²) in [5, 5.41) is 2.74. The zero-order chi connectivity index (χ0) is 21.9. The van der Waals surface area contributed by atoms with Crippen LogP contribution in [0.15, 0.2) is 71.6 Å². The van der Waals surface area contributed by atoms with Gasteiger partial charge in [-0.2, -0.15) is 0 Å². The van der Waals surface area contributed by atoms with Gasteiger partial charge in [0, 0.05) is 22.5 Å². The maximum atomic E-state index is 12.8. The number of nitrogens with one attached hydrogen (secondary N) is 2. The summed E-state index contributed by atoms with van der Waals surface area (Å²) in [7, 11) is -3.79. The number of hydrogen-bond donors (Lipinski definition) is 2. The summed E-state index contributed by atoms with van der Waals surface area (Å²) in [4.78, 5) is 24.1. The van der Waals surface area contributed by atoms with Crippen LogP contribution in [0.25, 0.3) is 0 Å². The largest absolute Gasteiger partial charge is 0.322 e. The lowest BCUT2D eigenvalue weighted by atomic mass is 10.1. The van der Waals surface area contributed by atoms with E-state index in [-0.39, 0.29) is 16.4 Å². The molecule has 154 valence electrons. The van der Waals surface area contributed by atoms with E-state index >= 15 is 0 Å². The van der Waals surface area contributed by atoms with E-state index in [4.69, 9.17) is 0 Å². The summed E-state index contributed by atoms with van der Waals surface area (Å²) in [6.07, 6.45) is 0. The van der Waals surface area contributed by atoms with Crippen molar-refractivity contribution in [2.75, 3.05) is 10.0 Å². The van der Waals surface area contributed by atoms with Crippen LogP contribution < -0.4 is 10.0 Å². The molecule has 0 saturated heterocycles. The lowest BCUT2D eigenvalue weighted by molar-refractivity contribution is 0.101. The number of sulfonamides is 1. The molecule has 0 aromatic heterocycles. The number of carbonyl (C=O) groups excluding carboxylic acids is 2. The normalized spacial score (nSPS) is 11.0. The summed E-state index contributed by atoms with van der Waals surface area (Å²) in [6, 6.07) is 18.0. The summed E-state index contributed by atoms with van der Waals surface area (Å²) >= 11 is 0. The monoisotopic (exact) mass is 422 g/mol. The van der Waals surface area contributed by atoms with Crippen molar-refractivity contribution < 1.29 is 18.0 Å². The van der Waals surface area contributed by atoms with Crippen LogP contribution >= 0.6 is 0 Å². The molecule has 0 fully saturated rings. The first-order valence-electron chi connectivity index (χ1n) is 9.28. The van der Waals surface area contributed by atoms with E-state index in [0.717, 1.165) is 5.56 Å². The lowest BCUT2D eigenvalue weighted by Crippen LogP contribution is -2.16. The fourth-order valence-electron chi connectivity index (χ4n) is 2.92. The van der Waals surface area contributed by atoms with E-state index in [1.165, 1.54) is 13.0 Å². The lowest BCUT2D eigenvalue weighted by Gasteiger charge is -2.12. The molecular weight excluding hydrogens is 400 g/mol. The van der Waals surface area contributed by atoms with E-state index in [1.54, 1.807) is 61.5 Å². The molecule has 0 aliphatic rings. The second-order valence-corrected chi connectivity index (χ2v) is 8.69. The van der Waals surface area contributed by atoms with Crippen molar-refractivity contribution in [2.24, 2.45) is 0 Å². The van der Waals surface area contributed by atoms with Crippen molar-refractivity contribution in [1.82, 2.24) is 0 Å². The minimum absolute atomic E-state index is 0.0586. The number of benzene rings is 3. The molecule has 3 aromatic rings. The molecule has 0 unspecified atom stereocenters. The van der Waals surface area contributed by atoms with E-state index in [9.17, 15) is 18.0 Å². The second kappa shape index (κ2) is 8.51. The molecule has 30 heavy (non-hydrogen) atoms. The zero-order valence-corrected chi connectivity index (χ0v) is 17.7. The van der Waals surface area contributed by atoms with Crippen LogP contribution in [0.4, 0.5) is 11.4 Å². The first kappa shape index (κ1) is 21.3. The number of ketones is 1. The van der Waals surface area contributed by atoms with Crippen molar-refractivity contribution >= 4 is 33.1 Å². The Morgan fingerprint density at radius 1 is 0.800 bits per heavy atom. The van der Waals surface area contributed by atoms with Gasteiger partial charge in [-0.05, 0) is 80.4 Å². The van der Waals surface area contributed by atoms with Gasteiger partial charge in [0.05, 0.1) is 4.90 Å². The quantitative estimate of drug-likeness (QED) is 0.570. The minimum atomic E-state index is -3.79. The maximum absolute atomic E-state index is 12.8. The average molecular weight is 423 g/mol. The number of rotatable bonds is 6. The number of carbonyl (C=O) groups is 2. The third-order valence-electron chi connectivity index (χ3n) is 4.56. The third-order valence-corrected chi connectivity index (χ3v) is 6.08. The Kier molecular flexibility index (Phi) is 6.03. The Morgan fingerprint density at radius 3 is 2.17 bits per heavy atom. The molecule has 3 rings (SSSR count). The van der Waals surface area contributed by atoms with Crippen LogP contribution in [0.3, 0.4) is 0 Å². The molecule has 0 heterocycles. The predicted octanol–water partition coefficient (Wildman–Crippen LogP) is 4.56. The molecule has 2 N–H and O–H groups in total. The van der Waals surface area contributed by atoms with Gasteiger partial charge in [0.25, 0.3) is 15.9 Å². The number of anilines is 2. The van der Waals surface area contributed by atoms with Crippen molar-refractivity contribution in [3.8, 4) is 0 Å². The van der Waals surface area contributed by atoms with Gasteiger partial charge in [-0.3, -0.25) is 14.3 Å². The predicted molar refractivity (Wildman–Crippen MR) is 118 cm³/mol. The fourth-order valence-corrected chi connectivity index (χ4v) is 4.30. The number of amides is 1. The van der Waals surface area contributed by atoms with Crippen molar-refractivity contribution in [3.63, 3.8) is 0 Å². The van der Waals surface area contributed by atoms with Gasteiger partial charge in [0.15, 0.2) is 5.78 Å². The Hall–Kier alpha value is -3.45. The number of Topliss-reactive ketones (excluding diaryl/α,β-unsaturated/α-hetero) is 1. The fraction of sp³-hybridized carbons (Fsp3) is 0.130. The molecule has 0 bridgehead atoms. The van der Waals surface area contributed by atoms with Crippen molar-refractivity contribution in [3.05, 3.63) is 89.0 Å². The van der Waals surface area contributed by atoms with Gasteiger partial charge >= 0.3 is 0 Å². The van der Waals surface area contributed by atoms with Crippen LogP contribution in [0.2, 0.25) is 0 Å². The number of aryl methyl sites for hydroxylation is 2. The Morgan fingerprint density at radius 2 is 1.50 bits per heavy atom. The summed E-state index contributed by atoms with van der Waals surface area (Å²) < 4.78 is 28.1. The Labute approximate surface area is 176 Å². The van der Waals surface area contributed by atoms with E-state index < -0.39 is 15.9 Å². The average Bonchev–Trinajstić information content (AvgIpc) is 2.70. The van der Waals surface area contributed by atoms with Gasteiger partial charge < -0.3 is 5.32 Å². The van der Waals surface area contributed by atoms with Crippen molar-refractivity contribution in [1.29, 1.82) is 0 Å². The maximum Gasteiger partial charge on any atom is 0.262 e. The first-order valence-corrected chi connectivity index (χ1v) is 10.8. The molecule has 0 radical (unpaired) electrons. The minimum Gasteiger partial charge on any atom is -0.322 e. The standard InChI is InChI=1S/C23H22N2O4S/c1-15-7-8-16(2)22(13-15)30(28,29)25-21-6-4-5-19(14-21)23(27)24-20-11-9-18(10-12-20)17(3)26/h4-14,25H,1-3H3,(H,24,27). The molecular formula is C23H22N2O4S. The smallest absolute Gasteiger partial charge is 0.262 e. The highest BCUT2D eigenvalue weighted by atomic mass is 32.2. The molecule has 7 heteroatoms. The van der Waals surface area contributed by atoms with E-state index in [2.05, 4.69) is 10.0 Å². The van der Waals surface area contributed by atoms with Gasteiger partial charge in [0.2, 0.25) is 0 Å². The van der Waals surface area contributed by atoms with Crippen LogP contribution in [0, 0.1) is 13.8 Å². The SMILES string of the molecule is CC(=O)c1ccc(NC(=O)c2cccc(NS(=O)(=O)c3cc(C)ccc3C)c2)cc1. The van der Waals surface area contributed by atoms with Gasteiger partial charge in [0.1, 0.15) is 0 Å². The zero-order valence-electron chi connectivity index (χ0n) is 16.9. The van der Waals surface area contributed by atoms with Crippen LogP contribution in [-0.2, 0) is 10.0 Å². The highest BCUT2D eigenvalue weighted by molar-refractivity contribution is 7.92. The van der Waals surface area contributed by atoms with Crippen LogP contribution in [-0.4, -0.2) is 20.1 Å². The highest BCUT2D eigenvalue weighted by Crippen LogP contribution is 2.22. The molecule has 0 spiro atoms. The molecule has 0 saturated carbocycles. The summed E-state index contributed by atoms with van der Waals surface area (Å²) in [5.74, 6) is -0.449. The van der Waals surface area contributed by atoms with Crippen LogP contribution in [0.5, 0.6) is 0 Å². The second-order valence-electron chi connectivity index (χ2n) is 7.04. The Balaban J connectivity index is 1.79. The molecule has 6 nitrogen and oxygen atoms in total. The molecule has 0 aliphatic heterocycles. The van der Waals surface area contributed by atoms with E-state index in [0.29, 0.717) is 22.4 Å². The van der Waals surface area contributed by atoms with Crippen molar-refractivity contribution in [2.45, 2.75) is 25.7 Å². The molecule has 1 amide bonds. The topological polar surface area (TPSA) is 92.3 Å². The molecule has 0 atom stereocenters. The van der Waals surface area contributed by atoms with Gasteiger partial charge in [-0.15, -0.1) is 0 Å².